The van der Waals surface area contributed by atoms with Gasteiger partial charge in [-0.15, -0.1) is 11.3 Å². The van der Waals surface area contributed by atoms with E-state index in [4.69, 9.17) is 5.73 Å². The molecule has 0 aliphatic heterocycles. The Hall–Kier alpha value is -0.940. The zero-order chi connectivity index (χ0) is 12.2. The highest BCUT2D eigenvalue weighted by Crippen LogP contribution is 2.25. The fraction of sp³-hybridized carbons (Fsp3) is 0.636. The van der Waals surface area contributed by atoms with Crippen molar-refractivity contribution in [2.45, 2.75) is 32.6 Å². The molecule has 0 aliphatic rings. The lowest BCUT2D eigenvalue weighted by atomic mass is 9.98. The molecule has 5 heteroatoms. The summed E-state index contributed by atoms with van der Waals surface area (Å²) < 4.78 is 0. The Bertz CT molecular complexity index is 354. The van der Waals surface area contributed by atoms with Crippen molar-refractivity contribution in [1.29, 1.82) is 0 Å². The van der Waals surface area contributed by atoms with Crippen LogP contribution in [-0.2, 0) is 16.6 Å². The van der Waals surface area contributed by atoms with E-state index in [-0.39, 0.29) is 11.3 Å². The largest absolute Gasteiger partial charge is 0.354 e. The van der Waals surface area contributed by atoms with Crippen molar-refractivity contribution in [1.82, 2.24) is 10.3 Å². The molecular weight excluding hydrogens is 222 g/mol. The molecule has 4 nitrogen and oxygen atoms in total. The molecule has 0 aromatic carbocycles. The standard InChI is InChI=1S/C11H19N3OS/c1-11(2,3)10-14-8(7-16-10)6-9(15)13-5-4-12/h7H,4-6,12H2,1-3H3,(H,13,15). The molecule has 1 rings (SSSR count). The van der Waals surface area contributed by atoms with E-state index in [0.29, 0.717) is 19.5 Å². The molecule has 0 unspecified atom stereocenters. The normalized spacial score (nSPS) is 11.5. The van der Waals surface area contributed by atoms with Gasteiger partial charge in [0.25, 0.3) is 0 Å². The maximum Gasteiger partial charge on any atom is 0.226 e. The van der Waals surface area contributed by atoms with Crippen molar-refractivity contribution < 1.29 is 4.79 Å². The van der Waals surface area contributed by atoms with Gasteiger partial charge in [-0.2, -0.15) is 0 Å². The number of carbonyl (C=O) groups is 1. The summed E-state index contributed by atoms with van der Waals surface area (Å²) in [5.41, 5.74) is 6.19. The fourth-order valence-corrected chi connectivity index (χ4v) is 2.08. The molecule has 0 saturated carbocycles. The first-order valence-electron chi connectivity index (χ1n) is 5.35. The van der Waals surface area contributed by atoms with Gasteiger partial charge in [-0.05, 0) is 0 Å². The third kappa shape index (κ3) is 3.90. The number of hydrogen-bond acceptors (Lipinski definition) is 4. The average Bonchev–Trinajstić information content (AvgIpc) is 2.62. The zero-order valence-electron chi connectivity index (χ0n) is 10.0. The number of hydrogen-bond donors (Lipinski definition) is 2. The van der Waals surface area contributed by atoms with E-state index >= 15 is 0 Å². The summed E-state index contributed by atoms with van der Waals surface area (Å²) in [4.78, 5) is 15.9. The van der Waals surface area contributed by atoms with Crippen LogP contribution in [0.3, 0.4) is 0 Å². The quantitative estimate of drug-likeness (QED) is 0.828. The van der Waals surface area contributed by atoms with Gasteiger partial charge in [0.05, 0.1) is 17.1 Å². The molecule has 1 amide bonds. The van der Waals surface area contributed by atoms with E-state index in [2.05, 4.69) is 31.1 Å². The lowest BCUT2D eigenvalue weighted by molar-refractivity contribution is -0.120. The van der Waals surface area contributed by atoms with Gasteiger partial charge in [0.15, 0.2) is 0 Å². The van der Waals surface area contributed by atoms with Crippen molar-refractivity contribution in [2.75, 3.05) is 13.1 Å². The second kappa shape index (κ2) is 5.41. The van der Waals surface area contributed by atoms with Gasteiger partial charge in [-0.3, -0.25) is 4.79 Å². The number of nitrogens with two attached hydrogens (primary N) is 1. The molecule has 1 heterocycles. The van der Waals surface area contributed by atoms with E-state index in [1.165, 1.54) is 0 Å². The van der Waals surface area contributed by atoms with E-state index in [0.717, 1.165) is 10.7 Å². The molecule has 90 valence electrons. The van der Waals surface area contributed by atoms with Gasteiger partial charge < -0.3 is 11.1 Å². The Morgan fingerprint density at radius 2 is 2.25 bits per heavy atom. The van der Waals surface area contributed by atoms with E-state index in [1.54, 1.807) is 11.3 Å². The summed E-state index contributed by atoms with van der Waals surface area (Å²) in [6.45, 7) is 7.34. The van der Waals surface area contributed by atoms with E-state index in [1.807, 2.05) is 5.38 Å². The summed E-state index contributed by atoms with van der Waals surface area (Å²) in [5, 5.41) is 5.74. The summed E-state index contributed by atoms with van der Waals surface area (Å²) in [6.07, 6.45) is 0.340. The van der Waals surface area contributed by atoms with Gasteiger partial charge in [-0.25, -0.2) is 4.98 Å². The maximum atomic E-state index is 11.4. The summed E-state index contributed by atoms with van der Waals surface area (Å²) in [7, 11) is 0. The number of thiazole rings is 1. The monoisotopic (exact) mass is 241 g/mol. The number of rotatable bonds is 4. The first-order valence-corrected chi connectivity index (χ1v) is 6.23. The van der Waals surface area contributed by atoms with Gasteiger partial charge in [-0.1, -0.05) is 20.8 Å². The molecule has 16 heavy (non-hydrogen) atoms. The van der Waals surface area contributed by atoms with Crippen LogP contribution in [0.25, 0.3) is 0 Å². The van der Waals surface area contributed by atoms with Crippen LogP contribution in [0.15, 0.2) is 5.38 Å². The number of carbonyl (C=O) groups excluding carboxylic acids is 1. The topological polar surface area (TPSA) is 68.0 Å². The summed E-state index contributed by atoms with van der Waals surface area (Å²) in [5.74, 6) is -0.0174. The second-order valence-electron chi connectivity index (χ2n) is 4.71. The van der Waals surface area contributed by atoms with Crippen LogP contribution in [0.5, 0.6) is 0 Å². The minimum absolute atomic E-state index is 0.0174. The zero-order valence-corrected chi connectivity index (χ0v) is 10.9. The number of nitrogens with zero attached hydrogens (tertiary/aromatic N) is 1. The lowest BCUT2D eigenvalue weighted by Crippen LogP contribution is -2.30. The maximum absolute atomic E-state index is 11.4. The van der Waals surface area contributed by atoms with Gasteiger partial charge in [0, 0.05) is 23.9 Å². The molecule has 3 N–H and O–H groups in total. The Morgan fingerprint density at radius 1 is 1.56 bits per heavy atom. The van der Waals surface area contributed by atoms with Crippen LogP contribution in [0.2, 0.25) is 0 Å². The molecule has 0 atom stereocenters. The molecule has 0 saturated heterocycles. The lowest BCUT2D eigenvalue weighted by Gasteiger charge is -2.13. The molecule has 1 aromatic rings. The number of amides is 1. The van der Waals surface area contributed by atoms with Crippen molar-refractivity contribution in [3.8, 4) is 0 Å². The van der Waals surface area contributed by atoms with Crippen LogP contribution < -0.4 is 11.1 Å². The highest BCUT2D eigenvalue weighted by atomic mass is 32.1. The first-order chi connectivity index (χ1) is 7.43. The van der Waals surface area contributed by atoms with Gasteiger partial charge >= 0.3 is 0 Å². The smallest absolute Gasteiger partial charge is 0.226 e. The van der Waals surface area contributed by atoms with Gasteiger partial charge in [0.1, 0.15) is 0 Å². The van der Waals surface area contributed by atoms with Crippen LogP contribution in [0.1, 0.15) is 31.5 Å². The van der Waals surface area contributed by atoms with Crippen LogP contribution in [0.4, 0.5) is 0 Å². The molecule has 0 aliphatic carbocycles. The van der Waals surface area contributed by atoms with E-state index < -0.39 is 0 Å². The SMILES string of the molecule is CC(C)(C)c1nc(CC(=O)NCCN)cs1. The highest BCUT2D eigenvalue weighted by molar-refractivity contribution is 7.09. The van der Waals surface area contributed by atoms with Crippen LogP contribution in [0, 0.1) is 0 Å². The third-order valence-corrected chi connectivity index (χ3v) is 3.32. The molecular formula is C11H19N3OS. The number of nitrogens with one attached hydrogen (secondary N) is 1. The molecule has 0 bridgehead atoms. The first kappa shape index (κ1) is 13.1. The van der Waals surface area contributed by atoms with Gasteiger partial charge in [0.2, 0.25) is 5.91 Å². The Kier molecular flexibility index (Phi) is 4.44. The fourth-order valence-electron chi connectivity index (χ4n) is 1.17. The molecule has 0 spiro atoms. The minimum Gasteiger partial charge on any atom is -0.354 e. The van der Waals surface area contributed by atoms with Crippen LogP contribution >= 0.6 is 11.3 Å². The molecule has 1 aromatic heterocycles. The minimum atomic E-state index is -0.0174. The van der Waals surface area contributed by atoms with Crippen LogP contribution in [-0.4, -0.2) is 24.0 Å². The third-order valence-electron chi connectivity index (χ3n) is 2.00. The predicted octanol–water partition coefficient (Wildman–Crippen LogP) is 1.06. The Balaban J connectivity index is 2.56. The average molecular weight is 241 g/mol. The highest BCUT2D eigenvalue weighted by Gasteiger charge is 2.18. The van der Waals surface area contributed by atoms with Crippen molar-refractivity contribution in [3.63, 3.8) is 0 Å². The van der Waals surface area contributed by atoms with E-state index in [9.17, 15) is 4.79 Å². The molecule has 0 fully saturated rings. The van der Waals surface area contributed by atoms with Crippen molar-refractivity contribution >= 4 is 17.2 Å². The van der Waals surface area contributed by atoms with Crippen molar-refractivity contribution in [2.24, 2.45) is 5.73 Å². The second-order valence-corrected chi connectivity index (χ2v) is 5.57. The Morgan fingerprint density at radius 3 is 2.75 bits per heavy atom. The summed E-state index contributed by atoms with van der Waals surface area (Å²) in [6, 6.07) is 0. The van der Waals surface area contributed by atoms with Crippen molar-refractivity contribution in [3.05, 3.63) is 16.1 Å². The summed E-state index contributed by atoms with van der Waals surface area (Å²) >= 11 is 1.61. The Labute approximate surface area is 100 Å². The molecule has 0 radical (unpaired) electrons. The predicted molar refractivity (Wildman–Crippen MR) is 66.6 cm³/mol. The number of aromatic nitrogens is 1.